The first-order chi connectivity index (χ1) is 9.67. The molecule has 0 radical (unpaired) electrons. The number of anilines is 2. The molecule has 3 N–H and O–H groups in total. The van der Waals surface area contributed by atoms with Gasteiger partial charge in [-0.2, -0.15) is 0 Å². The third-order valence-corrected chi connectivity index (χ3v) is 3.33. The maximum atomic E-state index is 8.69. The molecule has 0 unspecified atom stereocenters. The highest BCUT2D eigenvalue weighted by atomic mass is 35.5. The lowest BCUT2D eigenvalue weighted by Gasteiger charge is -2.24. The number of oxime groups is 1. The quantitative estimate of drug-likeness (QED) is 0.391. The highest BCUT2D eigenvalue weighted by Crippen LogP contribution is 2.32. The molecule has 0 aliphatic carbocycles. The largest absolute Gasteiger partial charge is 0.409 e. The van der Waals surface area contributed by atoms with Crippen molar-refractivity contribution in [2.75, 3.05) is 11.4 Å². The average Bonchev–Trinajstić information content (AvgIpc) is 2.49. The second kappa shape index (κ2) is 6.30. The van der Waals surface area contributed by atoms with Crippen LogP contribution in [0.5, 0.6) is 0 Å². The SMILES string of the molecule is CCN(c1ccccc1)c1ccc(C(N)=NO)cc1Cl. The van der Waals surface area contributed by atoms with E-state index in [1.807, 2.05) is 36.4 Å². The number of amidine groups is 1. The van der Waals surface area contributed by atoms with Crippen molar-refractivity contribution in [2.45, 2.75) is 6.92 Å². The van der Waals surface area contributed by atoms with E-state index in [0.717, 1.165) is 17.9 Å². The lowest BCUT2D eigenvalue weighted by atomic mass is 10.1. The van der Waals surface area contributed by atoms with Crippen LogP contribution in [0.3, 0.4) is 0 Å². The Balaban J connectivity index is 2.41. The first-order valence-electron chi connectivity index (χ1n) is 6.27. The number of hydrogen-bond acceptors (Lipinski definition) is 3. The van der Waals surface area contributed by atoms with Gasteiger partial charge in [-0.1, -0.05) is 35.0 Å². The minimum absolute atomic E-state index is 0.0428. The summed E-state index contributed by atoms with van der Waals surface area (Å²) in [5.41, 5.74) is 8.10. The molecule has 0 atom stereocenters. The number of hydrogen-bond donors (Lipinski definition) is 2. The summed E-state index contributed by atoms with van der Waals surface area (Å²) in [6.07, 6.45) is 0. The van der Waals surface area contributed by atoms with Crippen molar-refractivity contribution in [2.24, 2.45) is 10.9 Å². The van der Waals surface area contributed by atoms with Gasteiger partial charge in [0.1, 0.15) is 0 Å². The van der Waals surface area contributed by atoms with E-state index in [1.165, 1.54) is 0 Å². The summed E-state index contributed by atoms with van der Waals surface area (Å²) in [7, 11) is 0. The van der Waals surface area contributed by atoms with Gasteiger partial charge in [-0.15, -0.1) is 0 Å². The molecule has 0 amide bonds. The van der Waals surface area contributed by atoms with Crippen LogP contribution >= 0.6 is 11.6 Å². The molecule has 0 saturated heterocycles. The van der Waals surface area contributed by atoms with Gasteiger partial charge < -0.3 is 15.8 Å². The Morgan fingerprint density at radius 1 is 1.25 bits per heavy atom. The van der Waals surface area contributed by atoms with Crippen molar-refractivity contribution in [3.8, 4) is 0 Å². The number of rotatable bonds is 4. The number of nitrogens with two attached hydrogens (primary N) is 1. The Kier molecular flexibility index (Phi) is 4.48. The fourth-order valence-electron chi connectivity index (χ4n) is 2.04. The van der Waals surface area contributed by atoms with E-state index in [1.54, 1.807) is 12.1 Å². The van der Waals surface area contributed by atoms with Gasteiger partial charge in [-0.25, -0.2) is 0 Å². The summed E-state index contributed by atoms with van der Waals surface area (Å²) in [5, 5.41) is 12.2. The molecule has 0 fully saturated rings. The maximum Gasteiger partial charge on any atom is 0.170 e. The Morgan fingerprint density at radius 3 is 2.50 bits per heavy atom. The highest BCUT2D eigenvalue weighted by molar-refractivity contribution is 6.33. The van der Waals surface area contributed by atoms with Crippen LogP contribution in [0.2, 0.25) is 5.02 Å². The van der Waals surface area contributed by atoms with Gasteiger partial charge in [0.25, 0.3) is 0 Å². The highest BCUT2D eigenvalue weighted by Gasteiger charge is 2.12. The number of nitrogens with zero attached hydrogens (tertiary/aromatic N) is 2. The molecule has 2 aromatic rings. The molecule has 20 heavy (non-hydrogen) atoms. The predicted molar refractivity (Wildman–Crippen MR) is 83.1 cm³/mol. The summed E-state index contributed by atoms with van der Waals surface area (Å²) in [4.78, 5) is 2.10. The van der Waals surface area contributed by atoms with Gasteiger partial charge in [0.15, 0.2) is 5.84 Å². The minimum Gasteiger partial charge on any atom is -0.409 e. The number of benzene rings is 2. The minimum atomic E-state index is 0.0428. The molecule has 104 valence electrons. The van der Waals surface area contributed by atoms with Crippen LogP contribution in [0.4, 0.5) is 11.4 Å². The van der Waals surface area contributed by atoms with Crippen molar-refractivity contribution < 1.29 is 5.21 Å². The second-order valence-electron chi connectivity index (χ2n) is 4.23. The van der Waals surface area contributed by atoms with Crippen LogP contribution in [0.15, 0.2) is 53.7 Å². The average molecular weight is 290 g/mol. The van der Waals surface area contributed by atoms with Crippen LogP contribution in [0.25, 0.3) is 0 Å². The molecule has 0 bridgehead atoms. The molecule has 0 aromatic heterocycles. The van der Waals surface area contributed by atoms with Crippen LogP contribution in [0, 0.1) is 0 Å². The van der Waals surface area contributed by atoms with E-state index in [0.29, 0.717) is 10.6 Å². The zero-order valence-electron chi connectivity index (χ0n) is 11.1. The predicted octanol–water partition coefficient (Wildman–Crippen LogP) is 3.59. The van der Waals surface area contributed by atoms with Crippen LogP contribution in [0.1, 0.15) is 12.5 Å². The lowest BCUT2D eigenvalue weighted by Crippen LogP contribution is -2.17. The monoisotopic (exact) mass is 289 g/mol. The lowest BCUT2D eigenvalue weighted by molar-refractivity contribution is 0.318. The third-order valence-electron chi connectivity index (χ3n) is 3.03. The van der Waals surface area contributed by atoms with E-state index in [2.05, 4.69) is 17.0 Å². The molecule has 4 nitrogen and oxygen atoms in total. The normalized spacial score (nSPS) is 11.4. The van der Waals surface area contributed by atoms with E-state index < -0.39 is 0 Å². The first-order valence-corrected chi connectivity index (χ1v) is 6.65. The van der Waals surface area contributed by atoms with E-state index in [9.17, 15) is 0 Å². The van der Waals surface area contributed by atoms with Gasteiger partial charge in [0, 0.05) is 17.8 Å². The van der Waals surface area contributed by atoms with Crippen molar-refractivity contribution in [3.05, 3.63) is 59.1 Å². The summed E-state index contributed by atoms with van der Waals surface area (Å²) in [6, 6.07) is 15.3. The van der Waals surface area contributed by atoms with Crippen LogP contribution in [-0.2, 0) is 0 Å². The molecular formula is C15H16ClN3O. The maximum absolute atomic E-state index is 8.69. The van der Waals surface area contributed by atoms with Crippen LogP contribution in [-0.4, -0.2) is 17.6 Å². The van der Waals surface area contributed by atoms with Gasteiger partial charge in [0.05, 0.1) is 10.7 Å². The molecule has 2 rings (SSSR count). The Hall–Kier alpha value is -2.20. The standard InChI is InChI=1S/C15H16ClN3O/c1-2-19(12-6-4-3-5-7-12)14-9-8-11(10-13(14)16)15(17)18-20/h3-10,20H,2H2,1H3,(H2,17,18). The van der Waals surface area contributed by atoms with Gasteiger partial charge in [-0.3, -0.25) is 0 Å². The molecular weight excluding hydrogens is 274 g/mol. The number of para-hydroxylation sites is 1. The fourth-order valence-corrected chi connectivity index (χ4v) is 2.33. The topological polar surface area (TPSA) is 61.8 Å². The molecule has 0 heterocycles. The molecule has 0 saturated carbocycles. The van der Waals surface area contributed by atoms with Crippen molar-refractivity contribution in [1.29, 1.82) is 0 Å². The zero-order chi connectivity index (χ0) is 14.5. The van der Waals surface area contributed by atoms with Gasteiger partial charge >= 0.3 is 0 Å². The van der Waals surface area contributed by atoms with Crippen molar-refractivity contribution in [1.82, 2.24) is 0 Å². The summed E-state index contributed by atoms with van der Waals surface area (Å²) >= 11 is 6.32. The fraction of sp³-hybridized carbons (Fsp3) is 0.133. The molecule has 0 aliphatic rings. The second-order valence-corrected chi connectivity index (χ2v) is 4.64. The van der Waals surface area contributed by atoms with Gasteiger partial charge in [0.2, 0.25) is 0 Å². The van der Waals surface area contributed by atoms with E-state index in [-0.39, 0.29) is 5.84 Å². The zero-order valence-corrected chi connectivity index (χ0v) is 11.9. The van der Waals surface area contributed by atoms with Gasteiger partial charge in [-0.05, 0) is 37.3 Å². The summed E-state index contributed by atoms with van der Waals surface area (Å²) in [6.45, 7) is 2.84. The van der Waals surface area contributed by atoms with E-state index in [4.69, 9.17) is 22.5 Å². The summed E-state index contributed by atoms with van der Waals surface area (Å²) in [5.74, 6) is 0.0428. The number of halogens is 1. The molecule has 2 aromatic carbocycles. The Bertz CT molecular complexity index is 614. The van der Waals surface area contributed by atoms with Crippen molar-refractivity contribution in [3.63, 3.8) is 0 Å². The first kappa shape index (κ1) is 14.2. The third kappa shape index (κ3) is 2.86. The molecule has 0 spiro atoms. The van der Waals surface area contributed by atoms with Crippen LogP contribution < -0.4 is 10.6 Å². The molecule has 5 heteroatoms. The van der Waals surface area contributed by atoms with E-state index >= 15 is 0 Å². The smallest absolute Gasteiger partial charge is 0.170 e. The van der Waals surface area contributed by atoms with Crippen molar-refractivity contribution >= 4 is 28.8 Å². The molecule has 0 aliphatic heterocycles. The Labute approximate surface area is 123 Å². The summed E-state index contributed by atoms with van der Waals surface area (Å²) < 4.78 is 0. The Morgan fingerprint density at radius 2 is 1.95 bits per heavy atom.